The van der Waals surface area contributed by atoms with Gasteiger partial charge in [-0.15, -0.1) is 0 Å². The Morgan fingerprint density at radius 3 is 2.59 bits per heavy atom. The summed E-state index contributed by atoms with van der Waals surface area (Å²) >= 11 is 0. The Labute approximate surface area is 160 Å². The number of anilines is 1. The number of piperidine rings is 1. The van der Waals surface area contributed by atoms with Gasteiger partial charge in [0.15, 0.2) is 0 Å². The first-order valence-electron chi connectivity index (χ1n) is 9.57. The molecule has 148 valence electrons. The molecule has 0 aromatic carbocycles. The zero-order chi connectivity index (χ0) is 18.9. The van der Waals surface area contributed by atoms with Crippen molar-refractivity contribution in [2.24, 2.45) is 5.92 Å². The summed E-state index contributed by atoms with van der Waals surface area (Å²) in [4.78, 5) is 21.1. The third kappa shape index (κ3) is 3.81. The number of rotatable bonds is 4. The molecule has 1 unspecified atom stereocenters. The molecule has 4 rings (SSSR count). The van der Waals surface area contributed by atoms with Crippen LogP contribution in [0, 0.1) is 5.92 Å². The maximum Gasteiger partial charge on any atom is 0.227 e. The summed E-state index contributed by atoms with van der Waals surface area (Å²) < 4.78 is 32.1. The van der Waals surface area contributed by atoms with E-state index in [1.165, 1.54) is 4.31 Å². The SMILES string of the molecule is O=C(C1CCCN(c2ccccn2)C1)N1CC(S(=O)(=O)N2CCOCC2)C1. The van der Waals surface area contributed by atoms with Gasteiger partial charge < -0.3 is 14.5 Å². The molecule has 27 heavy (non-hydrogen) atoms. The number of hydrogen-bond acceptors (Lipinski definition) is 6. The summed E-state index contributed by atoms with van der Waals surface area (Å²) in [6.07, 6.45) is 3.55. The molecule has 9 heteroatoms. The van der Waals surface area contributed by atoms with E-state index in [-0.39, 0.29) is 11.8 Å². The largest absolute Gasteiger partial charge is 0.379 e. The van der Waals surface area contributed by atoms with Gasteiger partial charge in [0.2, 0.25) is 15.9 Å². The van der Waals surface area contributed by atoms with Gasteiger partial charge in [0.05, 0.1) is 19.1 Å². The quantitative estimate of drug-likeness (QED) is 0.724. The summed E-state index contributed by atoms with van der Waals surface area (Å²) in [5, 5.41) is -0.477. The van der Waals surface area contributed by atoms with Crippen LogP contribution in [0.2, 0.25) is 0 Å². The molecular formula is C18H26N4O4S. The predicted molar refractivity (Wildman–Crippen MR) is 101 cm³/mol. The zero-order valence-electron chi connectivity index (χ0n) is 15.4. The van der Waals surface area contributed by atoms with E-state index >= 15 is 0 Å². The molecule has 4 heterocycles. The van der Waals surface area contributed by atoms with Crippen LogP contribution in [0.1, 0.15) is 12.8 Å². The maximum atomic E-state index is 12.9. The van der Waals surface area contributed by atoms with Crippen LogP contribution < -0.4 is 4.90 Å². The predicted octanol–water partition coefficient (Wildman–Crippen LogP) is 0.171. The number of pyridine rings is 1. The van der Waals surface area contributed by atoms with E-state index in [9.17, 15) is 13.2 Å². The third-order valence-electron chi connectivity index (χ3n) is 5.65. The first kappa shape index (κ1) is 18.6. The third-order valence-corrected chi connectivity index (χ3v) is 7.88. The van der Waals surface area contributed by atoms with Crippen molar-refractivity contribution < 1.29 is 17.9 Å². The van der Waals surface area contributed by atoms with E-state index in [0.29, 0.717) is 45.9 Å². The molecule has 8 nitrogen and oxygen atoms in total. The van der Waals surface area contributed by atoms with Gasteiger partial charge in [-0.05, 0) is 25.0 Å². The number of amides is 1. The lowest BCUT2D eigenvalue weighted by molar-refractivity contribution is -0.139. The van der Waals surface area contributed by atoms with Gasteiger partial charge in [0, 0.05) is 45.5 Å². The Morgan fingerprint density at radius 2 is 1.89 bits per heavy atom. The van der Waals surface area contributed by atoms with E-state index in [0.717, 1.165) is 25.2 Å². The van der Waals surface area contributed by atoms with E-state index in [4.69, 9.17) is 4.74 Å². The number of carbonyl (C=O) groups is 1. The molecule has 0 bridgehead atoms. The molecule has 0 N–H and O–H groups in total. The summed E-state index contributed by atoms with van der Waals surface area (Å²) in [6, 6.07) is 5.79. The second-order valence-corrected chi connectivity index (χ2v) is 9.61. The molecule has 3 saturated heterocycles. The lowest BCUT2D eigenvalue weighted by Crippen LogP contribution is -2.62. The van der Waals surface area contributed by atoms with Gasteiger partial charge in [-0.2, -0.15) is 4.31 Å². The molecule has 0 aliphatic carbocycles. The number of hydrogen-bond donors (Lipinski definition) is 0. The van der Waals surface area contributed by atoms with Gasteiger partial charge in [-0.1, -0.05) is 6.07 Å². The van der Waals surface area contributed by atoms with Crippen molar-refractivity contribution in [1.29, 1.82) is 0 Å². The number of likely N-dealkylation sites (tertiary alicyclic amines) is 1. The molecule has 1 aromatic heterocycles. The summed E-state index contributed by atoms with van der Waals surface area (Å²) in [6.45, 7) is 3.86. The fraction of sp³-hybridized carbons (Fsp3) is 0.667. The molecule has 1 atom stereocenters. The normalized spacial score (nSPS) is 25.3. The Balaban J connectivity index is 1.33. The van der Waals surface area contributed by atoms with E-state index in [2.05, 4.69) is 9.88 Å². The highest BCUT2D eigenvalue weighted by Gasteiger charge is 2.44. The highest BCUT2D eigenvalue weighted by Crippen LogP contribution is 2.27. The fourth-order valence-corrected chi connectivity index (χ4v) is 5.82. The van der Waals surface area contributed by atoms with Crippen molar-refractivity contribution in [1.82, 2.24) is 14.2 Å². The van der Waals surface area contributed by atoms with Crippen molar-refractivity contribution >= 4 is 21.7 Å². The second kappa shape index (κ2) is 7.73. The number of sulfonamides is 1. The molecule has 3 fully saturated rings. The van der Waals surface area contributed by atoms with Crippen LogP contribution in [0.5, 0.6) is 0 Å². The molecule has 1 aromatic rings. The standard InChI is InChI=1S/C18H26N4O4S/c23-18(15-4-3-7-20(12-15)17-5-1-2-6-19-17)21-13-16(14-21)27(24,25)22-8-10-26-11-9-22/h1-2,5-6,15-16H,3-4,7-14H2. The van der Waals surface area contributed by atoms with Crippen LogP contribution in [0.15, 0.2) is 24.4 Å². The monoisotopic (exact) mass is 394 g/mol. The topological polar surface area (TPSA) is 83.1 Å². The molecule has 3 aliphatic rings. The average Bonchev–Trinajstić information content (AvgIpc) is 2.68. The van der Waals surface area contributed by atoms with E-state index < -0.39 is 15.3 Å². The summed E-state index contributed by atoms with van der Waals surface area (Å²) in [7, 11) is -3.34. The second-order valence-electron chi connectivity index (χ2n) is 7.39. The van der Waals surface area contributed by atoms with Crippen LogP contribution >= 0.6 is 0 Å². The number of morpholine rings is 1. The minimum atomic E-state index is -3.34. The Bertz CT molecular complexity index is 761. The number of ether oxygens (including phenoxy) is 1. The molecule has 0 saturated carbocycles. The minimum Gasteiger partial charge on any atom is -0.379 e. The Hall–Kier alpha value is -1.71. The van der Waals surface area contributed by atoms with Crippen molar-refractivity contribution in [3.05, 3.63) is 24.4 Å². The minimum absolute atomic E-state index is 0.0732. The van der Waals surface area contributed by atoms with Gasteiger partial charge in [-0.25, -0.2) is 13.4 Å². The van der Waals surface area contributed by atoms with Crippen molar-refractivity contribution in [2.45, 2.75) is 18.1 Å². The average molecular weight is 394 g/mol. The number of nitrogens with zero attached hydrogens (tertiary/aromatic N) is 4. The van der Waals surface area contributed by atoms with Crippen LogP contribution in [0.25, 0.3) is 0 Å². The van der Waals surface area contributed by atoms with Crippen LogP contribution in [-0.2, 0) is 19.6 Å². The molecule has 0 radical (unpaired) electrons. The number of aromatic nitrogens is 1. The maximum absolute atomic E-state index is 12.9. The molecule has 3 aliphatic heterocycles. The highest BCUT2D eigenvalue weighted by atomic mass is 32.2. The lowest BCUT2D eigenvalue weighted by Gasteiger charge is -2.44. The smallest absolute Gasteiger partial charge is 0.227 e. The van der Waals surface area contributed by atoms with Crippen molar-refractivity contribution in [3.8, 4) is 0 Å². The Morgan fingerprint density at radius 1 is 1.11 bits per heavy atom. The van der Waals surface area contributed by atoms with E-state index in [1.807, 2.05) is 18.2 Å². The molecule has 0 spiro atoms. The van der Waals surface area contributed by atoms with Crippen LogP contribution in [0.4, 0.5) is 5.82 Å². The Kier molecular flexibility index (Phi) is 5.34. The zero-order valence-corrected chi connectivity index (χ0v) is 16.2. The summed E-state index contributed by atoms with van der Waals surface area (Å²) in [5.41, 5.74) is 0. The van der Waals surface area contributed by atoms with Crippen molar-refractivity contribution in [2.75, 3.05) is 57.4 Å². The fourth-order valence-electron chi connectivity index (χ4n) is 4.00. The molecule has 1 amide bonds. The van der Waals surface area contributed by atoms with Crippen molar-refractivity contribution in [3.63, 3.8) is 0 Å². The van der Waals surface area contributed by atoms with Gasteiger partial charge in [-0.3, -0.25) is 4.79 Å². The molecular weight excluding hydrogens is 368 g/mol. The lowest BCUT2D eigenvalue weighted by atomic mass is 9.95. The van der Waals surface area contributed by atoms with Gasteiger partial charge >= 0.3 is 0 Å². The van der Waals surface area contributed by atoms with Crippen LogP contribution in [-0.4, -0.2) is 86.2 Å². The first-order valence-corrected chi connectivity index (χ1v) is 11.1. The summed E-state index contributed by atoms with van der Waals surface area (Å²) in [5.74, 6) is 0.878. The first-order chi connectivity index (χ1) is 13.1. The number of carbonyl (C=O) groups excluding carboxylic acids is 1. The van der Waals surface area contributed by atoms with Crippen LogP contribution in [0.3, 0.4) is 0 Å². The van der Waals surface area contributed by atoms with Gasteiger partial charge in [0.1, 0.15) is 11.1 Å². The van der Waals surface area contributed by atoms with E-state index in [1.54, 1.807) is 11.1 Å². The highest BCUT2D eigenvalue weighted by molar-refractivity contribution is 7.89. The van der Waals surface area contributed by atoms with Gasteiger partial charge in [0.25, 0.3) is 0 Å².